The number of rotatable bonds is 3. The van der Waals surface area contributed by atoms with Gasteiger partial charge < -0.3 is 15.2 Å². The Labute approximate surface area is 170 Å². The third-order valence-electron chi connectivity index (χ3n) is 4.87. The quantitative estimate of drug-likeness (QED) is 0.674. The van der Waals surface area contributed by atoms with Crippen LogP contribution in [0.2, 0.25) is 0 Å². The number of nitrogens with zero attached hydrogens (tertiary/aromatic N) is 3. The SMILES string of the molecule is Cl.Cn1cnc2c(-c3ccc(C(F)(F)F)cc3)cnc(NC3CCNC3)c2c1=O. The monoisotopic (exact) mass is 425 g/mol. The lowest BCUT2D eigenvalue weighted by atomic mass is 10.0. The van der Waals surface area contributed by atoms with Gasteiger partial charge in [0.05, 0.1) is 17.4 Å². The molecule has 29 heavy (non-hydrogen) atoms. The average molecular weight is 426 g/mol. The number of hydrogen-bond donors (Lipinski definition) is 2. The molecule has 1 unspecified atom stereocenters. The molecular formula is C19H19ClF3N5O. The van der Waals surface area contributed by atoms with Crippen molar-refractivity contribution in [1.82, 2.24) is 19.9 Å². The Morgan fingerprint density at radius 3 is 2.55 bits per heavy atom. The fraction of sp³-hybridized carbons (Fsp3) is 0.316. The second-order valence-corrected chi connectivity index (χ2v) is 6.81. The molecule has 0 aliphatic carbocycles. The van der Waals surface area contributed by atoms with Gasteiger partial charge in [0.1, 0.15) is 11.2 Å². The van der Waals surface area contributed by atoms with E-state index in [0.717, 1.165) is 31.6 Å². The predicted molar refractivity (Wildman–Crippen MR) is 107 cm³/mol. The van der Waals surface area contributed by atoms with E-state index in [0.29, 0.717) is 27.8 Å². The van der Waals surface area contributed by atoms with Crippen LogP contribution in [0.4, 0.5) is 19.0 Å². The van der Waals surface area contributed by atoms with E-state index in [1.807, 2.05) is 0 Å². The summed E-state index contributed by atoms with van der Waals surface area (Å²) in [5, 5.41) is 6.85. The molecular weight excluding hydrogens is 407 g/mol. The van der Waals surface area contributed by atoms with Crippen LogP contribution in [-0.4, -0.2) is 33.7 Å². The first-order valence-corrected chi connectivity index (χ1v) is 8.84. The molecule has 4 rings (SSSR count). The molecule has 1 saturated heterocycles. The van der Waals surface area contributed by atoms with Crippen molar-refractivity contribution in [1.29, 1.82) is 0 Å². The molecule has 1 atom stereocenters. The molecule has 0 amide bonds. The number of nitrogens with one attached hydrogen (secondary N) is 2. The molecule has 10 heteroatoms. The van der Waals surface area contributed by atoms with Gasteiger partial charge in [-0.1, -0.05) is 12.1 Å². The highest BCUT2D eigenvalue weighted by Crippen LogP contribution is 2.33. The third-order valence-corrected chi connectivity index (χ3v) is 4.87. The van der Waals surface area contributed by atoms with Crippen molar-refractivity contribution in [3.63, 3.8) is 0 Å². The zero-order valence-corrected chi connectivity index (χ0v) is 16.3. The number of pyridine rings is 1. The van der Waals surface area contributed by atoms with E-state index >= 15 is 0 Å². The summed E-state index contributed by atoms with van der Waals surface area (Å²) in [5.74, 6) is 0.438. The zero-order chi connectivity index (χ0) is 19.9. The van der Waals surface area contributed by atoms with Gasteiger partial charge in [0.15, 0.2) is 0 Å². The van der Waals surface area contributed by atoms with Crippen LogP contribution < -0.4 is 16.2 Å². The lowest BCUT2D eigenvalue weighted by Gasteiger charge is -2.16. The maximum atomic E-state index is 12.8. The number of anilines is 1. The van der Waals surface area contributed by atoms with Crippen molar-refractivity contribution in [2.45, 2.75) is 18.6 Å². The predicted octanol–water partition coefficient (Wildman–Crippen LogP) is 3.21. The van der Waals surface area contributed by atoms with Gasteiger partial charge in [-0.3, -0.25) is 4.79 Å². The van der Waals surface area contributed by atoms with Crippen molar-refractivity contribution >= 4 is 29.1 Å². The van der Waals surface area contributed by atoms with Crippen molar-refractivity contribution in [3.8, 4) is 11.1 Å². The number of aromatic nitrogens is 3. The van der Waals surface area contributed by atoms with Gasteiger partial charge in [0.2, 0.25) is 0 Å². The van der Waals surface area contributed by atoms with Crippen molar-refractivity contribution in [2.24, 2.45) is 7.05 Å². The van der Waals surface area contributed by atoms with Gasteiger partial charge in [-0.05, 0) is 30.7 Å². The Kier molecular flexibility index (Phi) is 5.81. The Bertz CT molecular complexity index is 1080. The molecule has 2 aromatic heterocycles. The molecule has 1 aliphatic heterocycles. The molecule has 1 aliphatic rings. The Balaban J connectivity index is 0.00000240. The highest BCUT2D eigenvalue weighted by molar-refractivity contribution is 5.98. The molecule has 2 N–H and O–H groups in total. The van der Waals surface area contributed by atoms with Crippen LogP contribution in [-0.2, 0) is 13.2 Å². The largest absolute Gasteiger partial charge is 0.416 e. The molecule has 3 heterocycles. The lowest BCUT2D eigenvalue weighted by molar-refractivity contribution is -0.137. The highest BCUT2D eigenvalue weighted by atomic mass is 35.5. The van der Waals surface area contributed by atoms with Crippen LogP contribution >= 0.6 is 12.4 Å². The Hall–Kier alpha value is -2.65. The van der Waals surface area contributed by atoms with Crippen molar-refractivity contribution in [3.05, 3.63) is 52.7 Å². The van der Waals surface area contributed by atoms with Crippen LogP contribution in [0.5, 0.6) is 0 Å². The van der Waals surface area contributed by atoms with Crippen molar-refractivity contribution < 1.29 is 13.2 Å². The lowest BCUT2D eigenvalue weighted by Crippen LogP contribution is -2.25. The molecule has 1 fully saturated rings. The second-order valence-electron chi connectivity index (χ2n) is 6.81. The first-order chi connectivity index (χ1) is 13.3. The molecule has 0 spiro atoms. The first-order valence-electron chi connectivity index (χ1n) is 8.84. The summed E-state index contributed by atoms with van der Waals surface area (Å²) in [6.45, 7) is 1.65. The van der Waals surface area contributed by atoms with Crippen LogP contribution in [0, 0.1) is 0 Å². The summed E-state index contributed by atoms with van der Waals surface area (Å²) >= 11 is 0. The average Bonchev–Trinajstić information content (AvgIpc) is 3.17. The minimum atomic E-state index is -4.41. The summed E-state index contributed by atoms with van der Waals surface area (Å²) in [6.07, 6.45) is -0.554. The first kappa shape index (κ1) is 21.1. The van der Waals surface area contributed by atoms with Crippen molar-refractivity contribution in [2.75, 3.05) is 18.4 Å². The minimum Gasteiger partial charge on any atom is -0.365 e. The zero-order valence-electron chi connectivity index (χ0n) is 15.5. The van der Waals surface area contributed by atoms with E-state index < -0.39 is 11.7 Å². The molecule has 0 bridgehead atoms. The summed E-state index contributed by atoms with van der Waals surface area (Å²) in [7, 11) is 1.60. The van der Waals surface area contributed by atoms with E-state index in [1.54, 1.807) is 13.2 Å². The van der Waals surface area contributed by atoms with Crippen LogP contribution in [0.15, 0.2) is 41.6 Å². The van der Waals surface area contributed by atoms with E-state index in [1.165, 1.54) is 23.0 Å². The number of aryl methyl sites for hydroxylation is 1. The fourth-order valence-corrected chi connectivity index (χ4v) is 3.34. The van der Waals surface area contributed by atoms with Gasteiger partial charge in [-0.15, -0.1) is 12.4 Å². The van der Waals surface area contributed by atoms with Gasteiger partial charge in [0.25, 0.3) is 5.56 Å². The van der Waals surface area contributed by atoms with Crippen LogP contribution in [0.3, 0.4) is 0 Å². The van der Waals surface area contributed by atoms with Gasteiger partial charge in [-0.2, -0.15) is 13.2 Å². The fourth-order valence-electron chi connectivity index (χ4n) is 3.34. The van der Waals surface area contributed by atoms with E-state index in [9.17, 15) is 18.0 Å². The minimum absolute atomic E-state index is 0. The number of benzene rings is 1. The standard InChI is InChI=1S/C19H18F3N5O.ClH/c1-27-10-25-16-14(11-2-4-12(5-3-11)19(20,21)22)9-24-17(15(16)18(27)28)26-13-6-7-23-8-13;/h2-5,9-10,13,23H,6-8H2,1H3,(H,24,26);1H. The number of hydrogen-bond acceptors (Lipinski definition) is 5. The smallest absolute Gasteiger partial charge is 0.365 e. The molecule has 0 radical (unpaired) electrons. The topological polar surface area (TPSA) is 71.8 Å². The van der Waals surface area contributed by atoms with Gasteiger partial charge in [-0.25, -0.2) is 9.97 Å². The van der Waals surface area contributed by atoms with E-state index in [2.05, 4.69) is 20.6 Å². The highest BCUT2D eigenvalue weighted by Gasteiger charge is 2.30. The maximum Gasteiger partial charge on any atom is 0.416 e. The van der Waals surface area contributed by atoms with Crippen LogP contribution in [0.25, 0.3) is 22.0 Å². The Morgan fingerprint density at radius 2 is 1.93 bits per heavy atom. The van der Waals surface area contributed by atoms with E-state index in [4.69, 9.17) is 0 Å². The molecule has 6 nitrogen and oxygen atoms in total. The Morgan fingerprint density at radius 1 is 1.21 bits per heavy atom. The number of alkyl halides is 3. The number of halogens is 4. The normalized spacial score (nSPS) is 16.6. The number of fused-ring (bicyclic) bond motifs is 1. The molecule has 154 valence electrons. The van der Waals surface area contributed by atoms with Gasteiger partial charge in [0, 0.05) is 31.4 Å². The summed E-state index contributed by atoms with van der Waals surface area (Å²) in [5.41, 5.74) is 0.437. The molecule has 1 aromatic carbocycles. The summed E-state index contributed by atoms with van der Waals surface area (Å²) < 4.78 is 39.9. The maximum absolute atomic E-state index is 12.8. The summed E-state index contributed by atoms with van der Waals surface area (Å²) in [6, 6.07) is 4.91. The van der Waals surface area contributed by atoms with Gasteiger partial charge >= 0.3 is 6.18 Å². The van der Waals surface area contributed by atoms with Crippen LogP contribution in [0.1, 0.15) is 12.0 Å². The molecule has 3 aromatic rings. The third kappa shape index (κ3) is 4.06. The summed E-state index contributed by atoms with van der Waals surface area (Å²) in [4.78, 5) is 21.5. The second kappa shape index (κ2) is 8.00. The van der Waals surface area contributed by atoms with E-state index in [-0.39, 0.29) is 24.0 Å². The molecule has 0 saturated carbocycles.